The fourth-order valence-electron chi connectivity index (χ4n) is 3.62. The number of carbonyl (C=O) groups is 1. The van der Waals surface area contributed by atoms with Crippen molar-refractivity contribution < 1.29 is 4.79 Å². The number of hydrogen-bond acceptors (Lipinski definition) is 2. The van der Waals surface area contributed by atoms with E-state index in [1.165, 1.54) is 36.1 Å². The third-order valence-corrected chi connectivity index (χ3v) is 5.51. The SMILES string of the molecule is Cc1cc(C)c(C(=O)C2CC3CCC2C3)s1. The molecule has 3 unspecified atom stereocenters. The van der Waals surface area contributed by atoms with Gasteiger partial charge in [0, 0.05) is 10.8 Å². The molecule has 1 heterocycles. The van der Waals surface area contributed by atoms with Gasteiger partial charge in [0.2, 0.25) is 0 Å². The van der Waals surface area contributed by atoms with Crippen molar-refractivity contribution in [2.45, 2.75) is 39.5 Å². The quantitative estimate of drug-likeness (QED) is 0.707. The van der Waals surface area contributed by atoms with Crippen molar-refractivity contribution in [2.24, 2.45) is 17.8 Å². The van der Waals surface area contributed by atoms with Gasteiger partial charge in [-0.25, -0.2) is 0 Å². The van der Waals surface area contributed by atoms with Crippen molar-refractivity contribution in [3.8, 4) is 0 Å². The Bertz CT molecular complexity index is 432. The van der Waals surface area contributed by atoms with Crippen LogP contribution >= 0.6 is 11.3 Å². The molecule has 1 nitrogen and oxygen atoms in total. The summed E-state index contributed by atoms with van der Waals surface area (Å²) in [6, 6.07) is 2.14. The molecule has 2 bridgehead atoms. The normalized spacial score (nSPS) is 32.2. The van der Waals surface area contributed by atoms with E-state index in [4.69, 9.17) is 0 Å². The molecule has 3 atom stereocenters. The highest BCUT2D eigenvalue weighted by atomic mass is 32.1. The van der Waals surface area contributed by atoms with Crippen molar-refractivity contribution >= 4 is 17.1 Å². The zero-order valence-corrected chi connectivity index (χ0v) is 10.8. The number of aryl methyl sites for hydroxylation is 2. The molecule has 2 aliphatic rings. The first-order valence-corrected chi connectivity index (χ1v) is 7.08. The van der Waals surface area contributed by atoms with Crippen LogP contribution in [0.2, 0.25) is 0 Å². The second-order valence-corrected chi connectivity index (χ2v) is 6.77. The van der Waals surface area contributed by atoms with Crippen molar-refractivity contribution in [1.82, 2.24) is 0 Å². The van der Waals surface area contributed by atoms with Gasteiger partial charge in [0.05, 0.1) is 4.88 Å². The maximum atomic E-state index is 12.5. The molecule has 0 saturated heterocycles. The third kappa shape index (κ3) is 1.55. The van der Waals surface area contributed by atoms with E-state index in [0.29, 0.717) is 17.6 Å². The molecule has 0 aromatic carbocycles. The highest BCUT2D eigenvalue weighted by Gasteiger charge is 2.43. The van der Waals surface area contributed by atoms with Gasteiger partial charge >= 0.3 is 0 Å². The van der Waals surface area contributed by atoms with Crippen LogP contribution in [0.25, 0.3) is 0 Å². The van der Waals surface area contributed by atoms with E-state index in [2.05, 4.69) is 19.9 Å². The molecular formula is C14H18OS. The molecule has 0 spiro atoms. The van der Waals surface area contributed by atoms with Crippen LogP contribution in [0.5, 0.6) is 0 Å². The summed E-state index contributed by atoms with van der Waals surface area (Å²) in [5.41, 5.74) is 1.19. The lowest BCUT2D eigenvalue weighted by atomic mass is 9.85. The molecule has 2 saturated carbocycles. The van der Waals surface area contributed by atoms with Crippen LogP contribution in [0.4, 0.5) is 0 Å². The number of ketones is 1. The fourth-order valence-corrected chi connectivity index (χ4v) is 4.65. The summed E-state index contributed by atoms with van der Waals surface area (Å²) in [6.07, 6.45) is 5.15. The largest absolute Gasteiger partial charge is 0.293 e. The highest BCUT2D eigenvalue weighted by molar-refractivity contribution is 7.14. The summed E-state index contributed by atoms with van der Waals surface area (Å²) < 4.78 is 0. The van der Waals surface area contributed by atoms with Gasteiger partial charge in [-0.3, -0.25) is 4.79 Å². The summed E-state index contributed by atoms with van der Waals surface area (Å²) in [7, 11) is 0. The summed E-state index contributed by atoms with van der Waals surface area (Å²) in [5, 5.41) is 0. The van der Waals surface area contributed by atoms with E-state index in [0.717, 1.165) is 10.8 Å². The average molecular weight is 234 g/mol. The van der Waals surface area contributed by atoms with Gasteiger partial charge < -0.3 is 0 Å². The van der Waals surface area contributed by atoms with Crippen molar-refractivity contribution in [3.63, 3.8) is 0 Å². The topological polar surface area (TPSA) is 17.1 Å². The lowest BCUT2D eigenvalue weighted by Crippen LogP contribution is -2.20. The minimum absolute atomic E-state index is 0.357. The minimum Gasteiger partial charge on any atom is -0.293 e. The molecule has 1 aromatic rings. The first-order valence-electron chi connectivity index (χ1n) is 6.26. The van der Waals surface area contributed by atoms with Crippen LogP contribution in [-0.2, 0) is 0 Å². The Kier molecular flexibility index (Phi) is 2.43. The summed E-state index contributed by atoms with van der Waals surface area (Å²) in [6.45, 7) is 4.17. The van der Waals surface area contributed by atoms with Crippen molar-refractivity contribution in [2.75, 3.05) is 0 Å². The second kappa shape index (κ2) is 3.69. The van der Waals surface area contributed by atoms with E-state index in [-0.39, 0.29) is 0 Å². The fraction of sp³-hybridized carbons (Fsp3) is 0.643. The van der Waals surface area contributed by atoms with Gasteiger partial charge in [0.25, 0.3) is 0 Å². The highest BCUT2D eigenvalue weighted by Crippen LogP contribution is 2.49. The standard InChI is InChI=1S/C14H18OS/c1-8-5-9(2)16-14(8)13(15)12-7-10-3-4-11(12)6-10/h5,10-12H,3-4,6-7H2,1-2H3. The zero-order valence-electron chi connectivity index (χ0n) is 9.95. The van der Waals surface area contributed by atoms with E-state index in [9.17, 15) is 4.79 Å². The molecule has 3 rings (SSSR count). The van der Waals surface area contributed by atoms with Gasteiger partial charge in [-0.2, -0.15) is 0 Å². The molecule has 0 N–H and O–H groups in total. The molecule has 2 fully saturated rings. The van der Waals surface area contributed by atoms with Crippen LogP contribution in [-0.4, -0.2) is 5.78 Å². The predicted octanol–water partition coefficient (Wildman–Crippen LogP) is 3.98. The van der Waals surface area contributed by atoms with Crippen LogP contribution in [0.1, 0.15) is 45.8 Å². The first kappa shape index (κ1) is 10.5. The molecule has 2 aliphatic carbocycles. The smallest absolute Gasteiger partial charge is 0.176 e. The van der Waals surface area contributed by atoms with Gasteiger partial charge in [0.15, 0.2) is 5.78 Å². The molecular weight excluding hydrogens is 216 g/mol. The molecule has 0 amide bonds. The van der Waals surface area contributed by atoms with Crippen LogP contribution in [0.15, 0.2) is 6.07 Å². The van der Waals surface area contributed by atoms with Gasteiger partial charge in [0.1, 0.15) is 0 Å². The van der Waals surface area contributed by atoms with Gasteiger partial charge in [-0.1, -0.05) is 6.42 Å². The van der Waals surface area contributed by atoms with Crippen molar-refractivity contribution in [3.05, 3.63) is 21.4 Å². The average Bonchev–Trinajstić information content (AvgIpc) is 2.91. The minimum atomic E-state index is 0.357. The van der Waals surface area contributed by atoms with Crippen LogP contribution in [0, 0.1) is 31.6 Å². The molecule has 86 valence electrons. The second-order valence-electron chi connectivity index (χ2n) is 5.51. The summed E-state index contributed by atoms with van der Waals surface area (Å²) in [4.78, 5) is 14.8. The Morgan fingerprint density at radius 2 is 2.12 bits per heavy atom. The Morgan fingerprint density at radius 3 is 2.62 bits per heavy atom. The molecule has 0 radical (unpaired) electrons. The third-order valence-electron chi connectivity index (χ3n) is 4.34. The monoisotopic (exact) mass is 234 g/mol. The first-order chi connectivity index (χ1) is 7.65. The number of carbonyl (C=O) groups excluding carboxylic acids is 1. The predicted molar refractivity (Wildman–Crippen MR) is 67.1 cm³/mol. The van der Waals surface area contributed by atoms with Crippen LogP contribution < -0.4 is 0 Å². The van der Waals surface area contributed by atoms with Crippen LogP contribution in [0.3, 0.4) is 0 Å². The molecule has 16 heavy (non-hydrogen) atoms. The van der Waals surface area contributed by atoms with E-state index < -0.39 is 0 Å². The van der Waals surface area contributed by atoms with Gasteiger partial charge in [-0.15, -0.1) is 11.3 Å². The van der Waals surface area contributed by atoms with Gasteiger partial charge in [-0.05, 0) is 56.6 Å². The Morgan fingerprint density at radius 1 is 1.31 bits per heavy atom. The lowest BCUT2D eigenvalue weighted by Gasteiger charge is -2.19. The zero-order chi connectivity index (χ0) is 11.3. The Hall–Kier alpha value is -0.630. The number of hydrogen-bond donors (Lipinski definition) is 0. The van der Waals surface area contributed by atoms with Crippen molar-refractivity contribution in [1.29, 1.82) is 0 Å². The maximum absolute atomic E-state index is 12.5. The number of thiophene rings is 1. The Balaban J connectivity index is 1.86. The number of Topliss-reactive ketones (excluding diaryl/α,β-unsaturated/α-hetero) is 1. The summed E-state index contributed by atoms with van der Waals surface area (Å²) in [5.74, 6) is 2.37. The maximum Gasteiger partial charge on any atom is 0.176 e. The molecule has 2 heteroatoms. The summed E-state index contributed by atoms with van der Waals surface area (Å²) >= 11 is 1.69. The lowest BCUT2D eigenvalue weighted by molar-refractivity contribution is 0.0878. The Labute approximate surface area is 101 Å². The number of fused-ring (bicyclic) bond motifs is 2. The molecule has 0 aliphatic heterocycles. The van der Waals surface area contributed by atoms with E-state index >= 15 is 0 Å². The van der Waals surface area contributed by atoms with E-state index in [1.54, 1.807) is 11.3 Å². The van der Waals surface area contributed by atoms with E-state index in [1.807, 2.05) is 0 Å². The molecule has 1 aromatic heterocycles. The number of rotatable bonds is 2.